The lowest BCUT2D eigenvalue weighted by atomic mass is 10.1. The summed E-state index contributed by atoms with van der Waals surface area (Å²) in [6.07, 6.45) is 0.986. The van der Waals surface area contributed by atoms with Gasteiger partial charge in [0.2, 0.25) is 0 Å². The summed E-state index contributed by atoms with van der Waals surface area (Å²) in [7, 11) is 1.91. The SMILES string of the molecule is CNCC1CCN(C(=O)c2cc(C)ccc2F)C1. The Bertz CT molecular complexity index is 447. The Kier molecular flexibility index (Phi) is 3.97. The molecule has 1 aliphatic heterocycles. The van der Waals surface area contributed by atoms with Crippen LogP contribution in [0.5, 0.6) is 0 Å². The van der Waals surface area contributed by atoms with Gasteiger partial charge in [0.15, 0.2) is 0 Å². The van der Waals surface area contributed by atoms with Gasteiger partial charge in [-0.3, -0.25) is 4.79 Å². The molecule has 1 aromatic rings. The summed E-state index contributed by atoms with van der Waals surface area (Å²) in [5.74, 6) is -0.135. The summed E-state index contributed by atoms with van der Waals surface area (Å²) in [6, 6.07) is 4.67. The highest BCUT2D eigenvalue weighted by Gasteiger charge is 2.27. The van der Waals surface area contributed by atoms with E-state index < -0.39 is 5.82 Å². The minimum atomic E-state index is -0.428. The van der Waals surface area contributed by atoms with Gasteiger partial charge in [-0.2, -0.15) is 0 Å². The number of aryl methyl sites for hydroxylation is 1. The van der Waals surface area contributed by atoms with Gasteiger partial charge in [-0.1, -0.05) is 11.6 Å². The first-order valence-corrected chi connectivity index (χ1v) is 6.32. The molecule has 1 aromatic carbocycles. The molecule has 4 heteroatoms. The highest BCUT2D eigenvalue weighted by molar-refractivity contribution is 5.94. The molecular formula is C14H19FN2O. The van der Waals surface area contributed by atoms with Crippen LogP contribution in [-0.2, 0) is 0 Å². The molecule has 2 rings (SSSR count). The van der Waals surface area contributed by atoms with E-state index in [1.807, 2.05) is 14.0 Å². The van der Waals surface area contributed by atoms with E-state index in [2.05, 4.69) is 5.32 Å². The van der Waals surface area contributed by atoms with Crippen LogP contribution in [0, 0.1) is 18.7 Å². The van der Waals surface area contributed by atoms with Gasteiger partial charge < -0.3 is 10.2 Å². The lowest BCUT2D eigenvalue weighted by Gasteiger charge is -2.17. The number of benzene rings is 1. The number of hydrogen-bond acceptors (Lipinski definition) is 2. The van der Waals surface area contributed by atoms with Crippen LogP contribution in [0.15, 0.2) is 18.2 Å². The fourth-order valence-corrected chi connectivity index (χ4v) is 2.45. The summed E-state index contributed by atoms with van der Waals surface area (Å²) in [6.45, 7) is 4.20. The standard InChI is InChI=1S/C14H19FN2O/c1-10-3-4-13(15)12(7-10)14(18)17-6-5-11(9-17)8-16-2/h3-4,7,11,16H,5-6,8-9H2,1-2H3. The van der Waals surface area contributed by atoms with E-state index in [0.717, 1.165) is 25.1 Å². The number of nitrogens with zero attached hydrogens (tertiary/aromatic N) is 1. The van der Waals surface area contributed by atoms with Crippen molar-refractivity contribution in [3.05, 3.63) is 35.1 Å². The molecule has 0 spiro atoms. The Labute approximate surface area is 107 Å². The zero-order chi connectivity index (χ0) is 13.1. The second-order valence-corrected chi connectivity index (χ2v) is 4.95. The monoisotopic (exact) mass is 250 g/mol. The largest absolute Gasteiger partial charge is 0.338 e. The third-order valence-electron chi connectivity index (χ3n) is 3.42. The van der Waals surface area contributed by atoms with Crippen molar-refractivity contribution in [2.75, 3.05) is 26.7 Å². The summed E-state index contributed by atoms with van der Waals surface area (Å²) in [5, 5.41) is 3.12. The van der Waals surface area contributed by atoms with Gasteiger partial charge in [-0.05, 0) is 45.0 Å². The number of carbonyl (C=O) groups is 1. The number of nitrogens with one attached hydrogen (secondary N) is 1. The van der Waals surface area contributed by atoms with Crippen LogP contribution in [0.4, 0.5) is 4.39 Å². The van der Waals surface area contributed by atoms with Crippen molar-refractivity contribution in [2.24, 2.45) is 5.92 Å². The predicted octanol–water partition coefficient (Wildman–Crippen LogP) is 1.82. The van der Waals surface area contributed by atoms with Crippen molar-refractivity contribution in [1.82, 2.24) is 10.2 Å². The van der Waals surface area contributed by atoms with Crippen molar-refractivity contribution >= 4 is 5.91 Å². The third-order valence-corrected chi connectivity index (χ3v) is 3.42. The van der Waals surface area contributed by atoms with Gasteiger partial charge in [-0.25, -0.2) is 4.39 Å². The van der Waals surface area contributed by atoms with E-state index in [1.165, 1.54) is 6.07 Å². The Hall–Kier alpha value is -1.42. The van der Waals surface area contributed by atoms with Gasteiger partial charge in [0.1, 0.15) is 5.82 Å². The number of amides is 1. The fraction of sp³-hybridized carbons (Fsp3) is 0.500. The summed E-state index contributed by atoms with van der Waals surface area (Å²) >= 11 is 0. The molecular weight excluding hydrogens is 231 g/mol. The number of carbonyl (C=O) groups excluding carboxylic acids is 1. The van der Waals surface area contributed by atoms with Gasteiger partial charge >= 0.3 is 0 Å². The Morgan fingerprint density at radius 2 is 2.33 bits per heavy atom. The maximum absolute atomic E-state index is 13.7. The van der Waals surface area contributed by atoms with Crippen molar-refractivity contribution in [3.63, 3.8) is 0 Å². The van der Waals surface area contributed by atoms with Crippen molar-refractivity contribution in [1.29, 1.82) is 0 Å². The molecule has 1 saturated heterocycles. The first-order chi connectivity index (χ1) is 8.61. The fourth-order valence-electron chi connectivity index (χ4n) is 2.45. The van der Waals surface area contributed by atoms with Crippen molar-refractivity contribution in [2.45, 2.75) is 13.3 Å². The molecule has 1 unspecified atom stereocenters. The van der Waals surface area contributed by atoms with Gasteiger partial charge in [0, 0.05) is 13.1 Å². The topological polar surface area (TPSA) is 32.3 Å². The summed E-state index contributed by atoms with van der Waals surface area (Å²) < 4.78 is 13.7. The lowest BCUT2D eigenvalue weighted by Crippen LogP contribution is -2.31. The van der Waals surface area contributed by atoms with Crippen LogP contribution < -0.4 is 5.32 Å². The molecule has 0 aliphatic carbocycles. The first kappa shape index (κ1) is 13.0. The molecule has 1 aliphatic rings. The zero-order valence-corrected chi connectivity index (χ0v) is 10.9. The molecule has 0 bridgehead atoms. The van der Waals surface area contributed by atoms with Crippen LogP contribution in [0.3, 0.4) is 0 Å². The Balaban J connectivity index is 2.10. The third kappa shape index (κ3) is 2.70. The Morgan fingerprint density at radius 3 is 3.06 bits per heavy atom. The van der Waals surface area contributed by atoms with Gasteiger partial charge in [0.25, 0.3) is 5.91 Å². The predicted molar refractivity (Wildman–Crippen MR) is 69.1 cm³/mol. The van der Waals surface area contributed by atoms with Crippen LogP contribution in [-0.4, -0.2) is 37.5 Å². The van der Waals surface area contributed by atoms with E-state index in [9.17, 15) is 9.18 Å². The van der Waals surface area contributed by atoms with Crippen LogP contribution in [0.25, 0.3) is 0 Å². The molecule has 1 N–H and O–H groups in total. The van der Waals surface area contributed by atoms with Crippen LogP contribution >= 0.6 is 0 Å². The zero-order valence-electron chi connectivity index (χ0n) is 10.9. The smallest absolute Gasteiger partial charge is 0.256 e. The highest BCUT2D eigenvalue weighted by atomic mass is 19.1. The molecule has 1 amide bonds. The Morgan fingerprint density at radius 1 is 1.56 bits per heavy atom. The maximum Gasteiger partial charge on any atom is 0.256 e. The summed E-state index contributed by atoms with van der Waals surface area (Å²) in [4.78, 5) is 14.0. The molecule has 18 heavy (non-hydrogen) atoms. The molecule has 1 atom stereocenters. The maximum atomic E-state index is 13.7. The molecule has 1 fully saturated rings. The average Bonchev–Trinajstić information content (AvgIpc) is 2.80. The van der Waals surface area contributed by atoms with E-state index in [1.54, 1.807) is 17.0 Å². The normalized spacial score (nSPS) is 19.3. The highest BCUT2D eigenvalue weighted by Crippen LogP contribution is 2.20. The second-order valence-electron chi connectivity index (χ2n) is 4.95. The molecule has 0 saturated carbocycles. The molecule has 3 nitrogen and oxygen atoms in total. The van der Waals surface area contributed by atoms with Gasteiger partial charge in [-0.15, -0.1) is 0 Å². The number of halogens is 1. The van der Waals surface area contributed by atoms with Crippen molar-refractivity contribution < 1.29 is 9.18 Å². The minimum absolute atomic E-state index is 0.185. The van der Waals surface area contributed by atoms with E-state index in [-0.39, 0.29) is 11.5 Å². The number of hydrogen-bond donors (Lipinski definition) is 1. The van der Waals surface area contributed by atoms with E-state index in [4.69, 9.17) is 0 Å². The number of rotatable bonds is 3. The lowest BCUT2D eigenvalue weighted by molar-refractivity contribution is 0.0782. The summed E-state index contributed by atoms with van der Waals surface area (Å²) in [5.41, 5.74) is 1.10. The first-order valence-electron chi connectivity index (χ1n) is 6.32. The molecule has 1 heterocycles. The van der Waals surface area contributed by atoms with E-state index >= 15 is 0 Å². The van der Waals surface area contributed by atoms with Crippen molar-refractivity contribution in [3.8, 4) is 0 Å². The molecule has 0 radical (unpaired) electrons. The van der Waals surface area contributed by atoms with Gasteiger partial charge in [0.05, 0.1) is 5.56 Å². The minimum Gasteiger partial charge on any atom is -0.338 e. The van der Waals surface area contributed by atoms with E-state index in [0.29, 0.717) is 12.5 Å². The quantitative estimate of drug-likeness (QED) is 0.887. The number of likely N-dealkylation sites (tertiary alicyclic amines) is 1. The second kappa shape index (κ2) is 5.48. The van der Waals surface area contributed by atoms with Crippen LogP contribution in [0.1, 0.15) is 22.3 Å². The molecule has 98 valence electrons. The molecule has 0 aromatic heterocycles. The average molecular weight is 250 g/mol. The van der Waals surface area contributed by atoms with Crippen LogP contribution in [0.2, 0.25) is 0 Å².